The maximum atomic E-state index is 14.1. The number of nitrogens with one attached hydrogen (secondary N) is 1. The van der Waals surface area contributed by atoms with Gasteiger partial charge in [-0.25, -0.2) is 8.78 Å². The van der Waals surface area contributed by atoms with Gasteiger partial charge in [0.15, 0.2) is 0 Å². The third-order valence-corrected chi connectivity index (χ3v) is 9.29. The number of nitrogens with zero attached hydrogens (tertiary/aromatic N) is 3. The zero-order valence-electron chi connectivity index (χ0n) is 26.4. The van der Waals surface area contributed by atoms with Gasteiger partial charge in [0, 0.05) is 54.2 Å². The Morgan fingerprint density at radius 2 is 1.76 bits per heavy atom. The average molecular weight is 639 g/mol. The molecule has 238 valence electrons. The van der Waals surface area contributed by atoms with Crippen LogP contribution < -0.4 is 10.2 Å². The van der Waals surface area contributed by atoms with E-state index in [0.29, 0.717) is 42.3 Å². The quantitative estimate of drug-likeness (QED) is 0.157. The highest BCUT2D eigenvalue weighted by atomic mass is 32.1. The molecule has 2 heterocycles. The highest BCUT2D eigenvalue weighted by molar-refractivity contribution is 7.12. The highest BCUT2D eigenvalue weighted by Gasteiger charge is 2.30. The number of allylic oxidation sites excluding steroid dienone is 1. The molecule has 0 bridgehead atoms. The van der Waals surface area contributed by atoms with Crippen LogP contribution in [0.15, 0.2) is 102 Å². The minimum atomic E-state index is -0.344. The van der Waals surface area contributed by atoms with Gasteiger partial charge in [-0.1, -0.05) is 62.9 Å². The van der Waals surface area contributed by atoms with E-state index in [-0.39, 0.29) is 23.5 Å². The Kier molecular flexibility index (Phi) is 10.8. The largest absolute Gasteiger partial charge is 0.355 e. The van der Waals surface area contributed by atoms with Crippen LogP contribution in [-0.4, -0.2) is 30.1 Å². The summed E-state index contributed by atoms with van der Waals surface area (Å²) in [4.78, 5) is 23.5. The number of benzene rings is 3. The molecule has 0 atom stereocenters. The van der Waals surface area contributed by atoms with E-state index in [4.69, 9.17) is 4.99 Å². The molecule has 1 N–H and O–H groups in total. The summed E-state index contributed by atoms with van der Waals surface area (Å²) in [6.07, 6.45) is 5.08. The van der Waals surface area contributed by atoms with Gasteiger partial charge in [0.1, 0.15) is 11.6 Å². The first-order chi connectivity index (χ1) is 22.2. The molecule has 8 heteroatoms. The van der Waals surface area contributed by atoms with Crippen LogP contribution in [-0.2, 0) is 6.54 Å². The normalized spacial score (nSPS) is 13.6. The van der Waals surface area contributed by atoms with Crippen LogP contribution in [0.3, 0.4) is 0 Å². The minimum absolute atomic E-state index is 0.0655. The second-order valence-corrected chi connectivity index (χ2v) is 12.5. The van der Waals surface area contributed by atoms with E-state index in [0.717, 1.165) is 53.1 Å². The van der Waals surface area contributed by atoms with Crippen molar-refractivity contribution in [2.45, 2.75) is 46.1 Å². The molecule has 3 aromatic carbocycles. The summed E-state index contributed by atoms with van der Waals surface area (Å²) in [5, 5.41) is 5.02. The zero-order chi connectivity index (χ0) is 32.6. The van der Waals surface area contributed by atoms with Crippen molar-refractivity contribution < 1.29 is 13.6 Å². The van der Waals surface area contributed by atoms with Crippen molar-refractivity contribution in [3.05, 3.63) is 130 Å². The number of hydrogen-bond donors (Lipinski definition) is 1. The molecule has 5 rings (SSSR count). The van der Waals surface area contributed by atoms with Crippen LogP contribution >= 0.6 is 11.3 Å². The first-order valence-electron chi connectivity index (χ1n) is 15.7. The van der Waals surface area contributed by atoms with E-state index in [1.54, 1.807) is 24.3 Å². The van der Waals surface area contributed by atoms with Crippen molar-refractivity contribution in [1.82, 2.24) is 4.90 Å². The number of carbonyl (C=O) groups is 1. The van der Waals surface area contributed by atoms with Gasteiger partial charge in [-0.3, -0.25) is 9.79 Å². The Hall–Kier alpha value is -4.56. The number of thiophene rings is 1. The summed E-state index contributed by atoms with van der Waals surface area (Å²) in [5.41, 5.74) is 6.26. The lowest BCUT2D eigenvalue weighted by Gasteiger charge is -2.38. The van der Waals surface area contributed by atoms with Gasteiger partial charge in [-0.15, -0.1) is 11.3 Å². The van der Waals surface area contributed by atoms with E-state index in [2.05, 4.69) is 49.4 Å². The molecule has 4 aromatic rings. The number of hydrogen-bond acceptors (Lipinski definition) is 5. The van der Waals surface area contributed by atoms with Crippen molar-refractivity contribution in [3.63, 3.8) is 0 Å². The van der Waals surface area contributed by atoms with Crippen molar-refractivity contribution in [3.8, 4) is 0 Å². The smallest absolute Gasteiger partial charge is 0.256 e. The number of halogens is 2. The minimum Gasteiger partial charge on any atom is -0.355 e. The van der Waals surface area contributed by atoms with E-state index < -0.39 is 0 Å². The number of para-hydroxylation sites is 1. The maximum absolute atomic E-state index is 14.1. The summed E-state index contributed by atoms with van der Waals surface area (Å²) in [7, 11) is 0. The summed E-state index contributed by atoms with van der Waals surface area (Å²) in [6.45, 7) is 14.5. The average Bonchev–Trinajstić information content (AvgIpc) is 3.48. The van der Waals surface area contributed by atoms with Crippen LogP contribution in [0.4, 0.5) is 25.8 Å². The molecule has 1 saturated heterocycles. The zero-order valence-corrected chi connectivity index (χ0v) is 27.3. The molecule has 0 radical (unpaired) electrons. The summed E-state index contributed by atoms with van der Waals surface area (Å²) < 4.78 is 27.9. The van der Waals surface area contributed by atoms with Crippen molar-refractivity contribution in [2.75, 3.05) is 23.3 Å². The van der Waals surface area contributed by atoms with Gasteiger partial charge in [-0.05, 0) is 73.7 Å². The first kappa shape index (κ1) is 32.8. The Labute approximate surface area is 274 Å². The summed E-state index contributed by atoms with van der Waals surface area (Å²) >= 11 is 1.40. The van der Waals surface area contributed by atoms with Gasteiger partial charge < -0.3 is 15.1 Å². The van der Waals surface area contributed by atoms with E-state index in [9.17, 15) is 13.6 Å². The van der Waals surface area contributed by atoms with E-state index >= 15 is 0 Å². The molecule has 1 amide bonds. The van der Waals surface area contributed by atoms with E-state index in [1.807, 2.05) is 34.7 Å². The third kappa shape index (κ3) is 7.80. The van der Waals surface area contributed by atoms with Crippen molar-refractivity contribution >= 4 is 46.2 Å². The van der Waals surface area contributed by atoms with Gasteiger partial charge in [0.05, 0.1) is 21.8 Å². The van der Waals surface area contributed by atoms with Gasteiger partial charge in [0.2, 0.25) is 0 Å². The second-order valence-electron chi connectivity index (χ2n) is 11.6. The van der Waals surface area contributed by atoms with Gasteiger partial charge >= 0.3 is 0 Å². The fourth-order valence-electron chi connectivity index (χ4n) is 5.76. The topological polar surface area (TPSA) is 47.9 Å². The summed E-state index contributed by atoms with van der Waals surface area (Å²) in [5.74, 6) is -0.511. The molecule has 0 aliphatic carbocycles. The summed E-state index contributed by atoms with van der Waals surface area (Å²) in [6, 6.07) is 21.0. The lowest BCUT2D eigenvalue weighted by atomic mass is 9.92. The van der Waals surface area contributed by atoms with Crippen LogP contribution in [0.5, 0.6) is 0 Å². The number of unbranched alkanes of at least 4 members (excludes halogenated alkanes) is 1. The van der Waals surface area contributed by atoms with Crippen molar-refractivity contribution in [2.24, 2.45) is 10.9 Å². The fraction of sp³-hybridized carbons (Fsp3) is 0.263. The number of aliphatic imine (C=N–C) groups is 1. The standard InChI is InChI=1S/C38H40F2N4OS/c1-5-6-19-41-36-34(25-46-37(36)27(3)42-33-15-10-14-32(40)23-33)38(45)43-20-17-30(18-21-43)28(4)44(35-16-8-7-11-26(35)2)24-29-12-9-13-31(39)22-29/h7-16,19,22-23,25,30,42H,3-6,17-18,20-21,24H2,1-2H3. The number of aryl methyl sites for hydroxylation is 1. The van der Waals surface area contributed by atoms with Crippen molar-refractivity contribution in [1.29, 1.82) is 0 Å². The number of anilines is 2. The predicted octanol–water partition coefficient (Wildman–Crippen LogP) is 9.99. The molecule has 1 aromatic heterocycles. The molecule has 0 saturated carbocycles. The maximum Gasteiger partial charge on any atom is 0.256 e. The fourth-order valence-corrected chi connectivity index (χ4v) is 6.68. The predicted molar refractivity (Wildman–Crippen MR) is 188 cm³/mol. The molecule has 46 heavy (non-hydrogen) atoms. The number of amides is 1. The lowest BCUT2D eigenvalue weighted by molar-refractivity contribution is 0.0703. The number of likely N-dealkylation sites (tertiary alicyclic amines) is 1. The Morgan fingerprint density at radius 1 is 1.04 bits per heavy atom. The van der Waals surface area contributed by atoms with Crippen LogP contribution in [0.1, 0.15) is 59.0 Å². The molecule has 0 spiro atoms. The second kappa shape index (κ2) is 15.1. The number of carbonyl (C=O) groups excluding carboxylic acids is 1. The van der Waals surface area contributed by atoms with Crippen LogP contribution in [0, 0.1) is 24.5 Å². The molecular weight excluding hydrogens is 599 g/mol. The van der Waals surface area contributed by atoms with Crippen LogP contribution in [0.2, 0.25) is 0 Å². The molecule has 0 unspecified atom stereocenters. The Morgan fingerprint density at radius 3 is 2.46 bits per heavy atom. The van der Waals surface area contributed by atoms with Crippen LogP contribution in [0.25, 0.3) is 5.70 Å². The number of piperidine rings is 1. The molecule has 5 nitrogen and oxygen atoms in total. The highest BCUT2D eigenvalue weighted by Crippen LogP contribution is 2.38. The van der Waals surface area contributed by atoms with Gasteiger partial charge in [-0.2, -0.15) is 0 Å². The third-order valence-electron chi connectivity index (χ3n) is 8.26. The molecule has 1 aliphatic rings. The Balaban J connectivity index is 1.32. The molecular formula is C38H40F2N4OS. The Bertz CT molecular complexity index is 1740. The molecule has 1 aliphatic heterocycles. The molecule has 1 fully saturated rings. The first-order valence-corrected chi connectivity index (χ1v) is 16.5. The lowest BCUT2D eigenvalue weighted by Crippen LogP contribution is -2.40. The van der Waals surface area contributed by atoms with E-state index in [1.165, 1.54) is 29.5 Å². The van der Waals surface area contributed by atoms with Gasteiger partial charge in [0.25, 0.3) is 5.91 Å². The number of rotatable bonds is 12. The monoisotopic (exact) mass is 638 g/mol. The SMILES string of the molecule is C=C(Nc1cccc(F)c1)c1scc(C(=O)N2CCC(C(=C)N(Cc3cccc(F)c3)c3ccccc3C)CC2)c1N=CCCC.